The minimum absolute atomic E-state index is 0.150. The molecule has 0 aromatic heterocycles. The Morgan fingerprint density at radius 1 is 1.27 bits per heavy atom. The van der Waals surface area contributed by atoms with Crippen LogP contribution >= 0.6 is 27.7 Å². The normalized spacial score (nSPS) is 34.9. The fraction of sp³-hybridized carbons (Fsp3) is 0.682. The summed E-state index contributed by atoms with van der Waals surface area (Å²) in [4.78, 5) is 12.5. The number of hydrogen-bond acceptors (Lipinski definition) is 2. The fourth-order valence-electron chi connectivity index (χ4n) is 6.24. The van der Waals surface area contributed by atoms with Crippen LogP contribution in [0.25, 0.3) is 0 Å². The van der Waals surface area contributed by atoms with Crippen LogP contribution in [-0.2, 0) is 11.2 Å². The molecule has 1 amide bonds. The van der Waals surface area contributed by atoms with Crippen molar-refractivity contribution in [1.82, 2.24) is 0 Å². The van der Waals surface area contributed by atoms with Crippen LogP contribution in [0.15, 0.2) is 18.2 Å². The molecule has 2 unspecified atom stereocenters. The molecule has 0 saturated heterocycles. The number of thioether (sulfide) groups is 1. The van der Waals surface area contributed by atoms with Gasteiger partial charge in [-0.1, -0.05) is 41.1 Å². The Balaban J connectivity index is 1.33. The van der Waals surface area contributed by atoms with E-state index in [1.165, 1.54) is 44.1 Å². The van der Waals surface area contributed by atoms with Gasteiger partial charge in [-0.3, -0.25) is 4.79 Å². The summed E-state index contributed by atoms with van der Waals surface area (Å²) in [6.07, 6.45) is 9.26. The zero-order valence-corrected chi connectivity index (χ0v) is 18.3. The van der Waals surface area contributed by atoms with Crippen LogP contribution in [0.3, 0.4) is 0 Å². The van der Waals surface area contributed by atoms with Crippen molar-refractivity contribution in [3.05, 3.63) is 29.3 Å². The van der Waals surface area contributed by atoms with Gasteiger partial charge in [0.15, 0.2) is 0 Å². The Bertz CT molecular complexity index is 689. The number of benzene rings is 1. The SMILES string of the molecule is CCc1cccc(C)c1NC(=O)CSCC12C[C@@H]3C[C@@H](CC(Br)(C3)C1)C2. The molecule has 0 heterocycles. The molecule has 4 heteroatoms. The van der Waals surface area contributed by atoms with Gasteiger partial charge in [0.25, 0.3) is 0 Å². The molecular weight excluding hydrogens is 406 g/mol. The predicted molar refractivity (Wildman–Crippen MR) is 115 cm³/mol. The number of nitrogens with one attached hydrogen (secondary N) is 1. The van der Waals surface area contributed by atoms with Crippen LogP contribution < -0.4 is 5.32 Å². The van der Waals surface area contributed by atoms with Gasteiger partial charge < -0.3 is 5.32 Å². The minimum Gasteiger partial charge on any atom is -0.325 e. The second-order valence-corrected chi connectivity index (χ2v) is 11.8. The first-order chi connectivity index (χ1) is 12.4. The van der Waals surface area contributed by atoms with Gasteiger partial charge in [0.1, 0.15) is 0 Å². The Labute approximate surface area is 170 Å². The lowest BCUT2D eigenvalue weighted by molar-refractivity contribution is -0.113. The quantitative estimate of drug-likeness (QED) is 0.558. The van der Waals surface area contributed by atoms with Crippen LogP contribution in [0.5, 0.6) is 0 Å². The molecule has 0 spiro atoms. The fourth-order valence-corrected chi connectivity index (χ4v) is 8.88. The zero-order valence-electron chi connectivity index (χ0n) is 15.9. The number of hydrogen-bond donors (Lipinski definition) is 1. The first-order valence-electron chi connectivity index (χ1n) is 10.1. The van der Waals surface area contributed by atoms with Crippen LogP contribution in [0.2, 0.25) is 0 Å². The average molecular weight is 436 g/mol. The number of anilines is 1. The number of rotatable bonds is 6. The van der Waals surface area contributed by atoms with E-state index in [9.17, 15) is 4.79 Å². The Hall–Kier alpha value is -0.480. The summed E-state index contributed by atoms with van der Waals surface area (Å²) in [7, 11) is 0. The lowest BCUT2D eigenvalue weighted by Crippen LogP contribution is -2.53. The number of carbonyl (C=O) groups excluding carboxylic acids is 1. The molecule has 26 heavy (non-hydrogen) atoms. The Morgan fingerprint density at radius 3 is 2.65 bits per heavy atom. The molecule has 1 aromatic rings. The second kappa shape index (κ2) is 7.16. The maximum Gasteiger partial charge on any atom is 0.234 e. The molecule has 4 fully saturated rings. The van der Waals surface area contributed by atoms with Crippen molar-refractivity contribution in [2.24, 2.45) is 17.3 Å². The molecule has 4 aliphatic carbocycles. The number of aryl methyl sites for hydroxylation is 2. The van der Waals surface area contributed by atoms with Gasteiger partial charge in [-0.05, 0) is 86.0 Å². The summed E-state index contributed by atoms with van der Waals surface area (Å²) in [5.74, 6) is 3.71. The van der Waals surface area contributed by atoms with Gasteiger partial charge >= 0.3 is 0 Å². The smallest absolute Gasteiger partial charge is 0.234 e. The molecule has 4 atom stereocenters. The Kier molecular flexibility index (Phi) is 5.20. The molecule has 4 bridgehead atoms. The van der Waals surface area contributed by atoms with Gasteiger partial charge in [-0.15, -0.1) is 0 Å². The van der Waals surface area contributed by atoms with Crippen LogP contribution in [-0.4, -0.2) is 21.7 Å². The van der Waals surface area contributed by atoms with Crippen LogP contribution in [0.1, 0.15) is 56.6 Å². The maximum absolute atomic E-state index is 12.5. The summed E-state index contributed by atoms with van der Waals surface area (Å²) in [5, 5.41) is 3.18. The molecule has 1 N–H and O–H groups in total. The van der Waals surface area contributed by atoms with Crippen LogP contribution in [0.4, 0.5) is 5.69 Å². The summed E-state index contributed by atoms with van der Waals surface area (Å²) in [6, 6.07) is 6.26. The number of alkyl halides is 1. The van der Waals surface area contributed by atoms with Crippen molar-refractivity contribution >= 4 is 39.3 Å². The monoisotopic (exact) mass is 435 g/mol. The summed E-state index contributed by atoms with van der Waals surface area (Å²) in [6.45, 7) is 4.22. The molecule has 0 aliphatic heterocycles. The van der Waals surface area contributed by atoms with Crippen molar-refractivity contribution in [3.63, 3.8) is 0 Å². The van der Waals surface area contributed by atoms with Gasteiger partial charge in [-0.2, -0.15) is 11.8 Å². The van der Waals surface area contributed by atoms with E-state index in [-0.39, 0.29) is 5.91 Å². The van der Waals surface area contributed by atoms with Crippen molar-refractivity contribution < 1.29 is 4.79 Å². The van der Waals surface area contributed by atoms with Crippen molar-refractivity contribution in [2.45, 2.75) is 63.1 Å². The largest absolute Gasteiger partial charge is 0.325 e. The number of para-hydroxylation sites is 1. The lowest BCUT2D eigenvalue weighted by atomic mass is 9.50. The third kappa shape index (κ3) is 3.73. The van der Waals surface area contributed by atoms with Gasteiger partial charge in [-0.25, -0.2) is 0 Å². The Morgan fingerprint density at radius 2 is 2.00 bits per heavy atom. The third-order valence-electron chi connectivity index (χ3n) is 6.76. The summed E-state index contributed by atoms with van der Waals surface area (Å²) in [5.41, 5.74) is 3.89. The van der Waals surface area contributed by atoms with E-state index in [2.05, 4.69) is 53.3 Å². The third-order valence-corrected chi connectivity index (χ3v) is 8.97. The lowest BCUT2D eigenvalue weighted by Gasteiger charge is -2.60. The highest BCUT2D eigenvalue weighted by molar-refractivity contribution is 9.10. The van der Waals surface area contributed by atoms with E-state index in [0.29, 0.717) is 15.5 Å². The van der Waals surface area contributed by atoms with Crippen molar-refractivity contribution in [3.8, 4) is 0 Å². The molecule has 2 nitrogen and oxygen atoms in total. The highest BCUT2D eigenvalue weighted by atomic mass is 79.9. The van der Waals surface area contributed by atoms with E-state index in [1.54, 1.807) is 0 Å². The standard InChI is InChI=1S/C22H30BrNOS/c1-3-18-6-4-5-15(2)20(18)24-19(25)12-26-14-21-8-16-7-17(9-21)11-22(23,10-16)13-21/h4-6,16-17H,3,7-14H2,1-2H3,(H,24,25)/t16-,17+,21?,22?. The topological polar surface area (TPSA) is 29.1 Å². The molecule has 0 radical (unpaired) electrons. The molecule has 5 rings (SSSR count). The maximum atomic E-state index is 12.5. The van der Waals surface area contributed by atoms with Gasteiger partial charge in [0.2, 0.25) is 5.91 Å². The number of halogens is 1. The predicted octanol–water partition coefficient (Wildman–Crippen LogP) is 5.96. The average Bonchev–Trinajstić information content (AvgIpc) is 2.54. The highest BCUT2D eigenvalue weighted by Gasteiger charge is 2.56. The van der Waals surface area contributed by atoms with E-state index >= 15 is 0 Å². The first kappa shape index (κ1) is 18.9. The van der Waals surface area contributed by atoms with E-state index in [0.717, 1.165) is 35.3 Å². The van der Waals surface area contributed by atoms with E-state index < -0.39 is 0 Å². The molecular formula is C22H30BrNOS. The van der Waals surface area contributed by atoms with E-state index in [1.807, 2.05) is 11.8 Å². The van der Waals surface area contributed by atoms with Crippen LogP contribution in [0, 0.1) is 24.2 Å². The summed E-state index contributed by atoms with van der Waals surface area (Å²) >= 11 is 5.95. The number of amides is 1. The molecule has 1 aromatic carbocycles. The van der Waals surface area contributed by atoms with E-state index in [4.69, 9.17) is 0 Å². The first-order valence-corrected chi connectivity index (χ1v) is 12.0. The van der Waals surface area contributed by atoms with Gasteiger partial charge in [0.05, 0.1) is 5.75 Å². The highest BCUT2D eigenvalue weighted by Crippen LogP contribution is 2.65. The minimum atomic E-state index is 0.150. The molecule has 4 saturated carbocycles. The number of carbonyl (C=O) groups is 1. The van der Waals surface area contributed by atoms with Gasteiger partial charge in [0, 0.05) is 10.0 Å². The second-order valence-electron chi connectivity index (χ2n) is 9.12. The van der Waals surface area contributed by atoms with Crippen molar-refractivity contribution in [2.75, 3.05) is 16.8 Å². The molecule has 142 valence electrons. The zero-order chi connectivity index (χ0) is 18.4. The summed E-state index contributed by atoms with van der Waals surface area (Å²) < 4.78 is 0.414. The molecule has 4 aliphatic rings. The van der Waals surface area contributed by atoms with Crippen molar-refractivity contribution in [1.29, 1.82) is 0 Å².